The topological polar surface area (TPSA) is 63.3 Å². The van der Waals surface area contributed by atoms with E-state index in [9.17, 15) is 4.79 Å². The molecule has 0 radical (unpaired) electrons. The van der Waals surface area contributed by atoms with Gasteiger partial charge in [0, 0.05) is 2.74 Å². The smallest absolute Gasteiger partial charge is 0.320 e. The molecule has 2 atom stereocenters. The van der Waals surface area contributed by atoms with Crippen LogP contribution in [0.5, 0.6) is 0 Å². The number of aliphatic carboxylic acids is 1. The van der Waals surface area contributed by atoms with Gasteiger partial charge in [-0.15, -0.1) is 0 Å². The van der Waals surface area contributed by atoms with Crippen molar-refractivity contribution < 1.29 is 14.0 Å². The van der Waals surface area contributed by atoms with Gasteiger partial charge < -0.3 is 10.8 Å². The summed E-state index contributed by atoms with van der Waals surface area (Å²) in [4.78, 5) is 10.4. The summed E-state index contributed by atoms with van der Waals surface area (Å²) >= 11 is 0. The van der Waals surface area contributed by atoms with E-state index in [-0.39, 0.29) is 0 Å². The monoisotopic (exact) mass is 134 g/mol. The molecule has 0 amide bonds. The molecule has 0 aromatic rings. The molecule has 0 aliphatic rings. The van der Waals surface area contributed by atoms with Gasteiger partial charge >= 0.3 is 5.97 Å². The van der Waals surface area contributed by atoms with E-state index in [0.29, 0.717) is 0 Å². The van der Waals surface area contributed by atoms with Crippen LogP contribution >= 0.6 is 0 Å². The van der Waals surface area contributed by atoms with Gasteiger partial charge in [0.15, 0.2) is 0 Å². The van der Waals surface area contributed by atoms with E-state index in [2.05, 4.69) is 0 Å². The van der Waals surface area contributed by atoms with Gasteiger partial charge in [0.1, 0.15) is 6.02 Å². The van der Waals surface area contributed by atoms with Crippen molar-refractivity contribution in [2.24, 2.45) is 11.6 Å². The van der Waals surface area contributed by atoms with E-state index in [0.717, 1.165) is 0 Å². The summed E-state index contributed by atoms with van der Waals surface area (Å²) in [5.74, 6) is -2.93. The number of hydrogen-bond acceptors (Lipinski definition) is 2. The molecule has 0 aromatic heterocycles. The van der Waals surface area contributed by atoms with Crippen LogP contribution in [0.4, 0.5) is 0 Å². The minimum atomic E-state index is -2.41. The third-order valence-electron chi connectivity index (χ3n) is 0.691. The van der Waals surface area contributed by atoms with Crippen molar-refractivity contribution in [3.05, 3.63) is 0 Å². The van der Waals surface area contributed by atoms with E-state index >= 15 is 0 Å². The zero-order valence-electron chi connectivity index (χ0n) is 8.51. The van der Waals surface area contributed by atoms with Crippen molar-refractivity contribution >= 4 is 5.97 Å². The van der Waals surface area contributed by atoms with Gasteiger partial charge in [-0.25, -0.2) is 0 Å². The van der Waals surface area contributed by atoms with Crippen molar-refractivity contribution in [1.82, 2.24) is 0 Å². The van der Waals surface area contributed by atoms with E-state index in [1.54, 1.807) is 0 Å². The van der Waals surface area contributed by atoms with Crippen LogP contribution in [0.15, 0.2) is 0 Å². The molecule has 0 spiro atoms. The summed E-state index contributed by atoms with van der Waals surface area (Å²) in [7, 11) is 0. The Morgan fingerprint density at radius 2 is 2.44 bits per heavy atom. The number of carbonyl (C=O) groups is 1. The molecule has 3 heteroatoms. The summed E-state index contributed by atoms with van der Waals surface area (Å²) in [6, 6.07) is -2.41. The standard InChI is InChI=1S/C6H13NO2/c1-4(2)3-5(7)6(8)9/h4-5H,3,7H2,1-2H3,(H,8,9)/t5-/m1/s1/i3D,4D,5D/t3-,5+/m0. The van der Waals surface area contributed by atoms with E-state index in [1.807, 2.05) is 0 Å². The van der Waals surface area contributed by atoms with Gasteiger partial charge in [0.2, 0.25) is 0 Å². The lowest BCUT2D eigenvalue weighted by atomic mass is 10.1. The lowest BCUT2D eigenvalue weighted by Gasteiger charge is -2.07. The van der Waals surface area contributed by atoms with Crippen LogP contribution in [0.1, 0.15) is 24.4 Å². The van der Waals surface area contributed by atoms with Gasteiger partial charge in [0.05, 0.1) is 1.37 Å². The van der Waals surface area contributed by atoms with Crippen LogP contribution in [-0.4, -0.2) is 17.1 Å². The molecule has 0 bridgehead atoms. The molecule has 0 fully saturated rings. The Morgan fingerprint density at radius 1 is 2.00 bits per heavy atom. The molecule has 0 rings (SSSR count). The molecule has 9 heavy (non-hydrogen) atoms. The summed E-state index contributed by atoms with van der Waals surface area (Å²) in [6.45, 7) is 2.70. The first-order valence-electron chi connectivity index (χ1n) is 4.12. The summed E-state index contributed by atoms with van der Waals surface area (Å²) in [5.41, 5.74) is 5.05. The molecule has 54 valence electrons. The maximum absolute atomic E-state index is 10.4. The van der Waals surface area contributed by atoms with Crippen LogP contribution in [-0.2, 0) is 4.79 Å². The SMILES string of the molecule is [2H][C@@H](C([2H])(C)C)[C@@]([2H])(N)C(=O)O. The second kappa shape index (κ2) is 3.45. The Kier molecular flexibility index (Phi) is 1.64. The van der Waals surface area contributed by atoms with Crippen molar-refractivity contribution in [2.45, 2.75) is 26.3 Å². The third kappa shape index (κ3) is 3.97. The van der Waals surface area contributed by atoms with Gasteiger partial charge in [-0.05, 0) is 12.3 Å². The lowest BCUT2D eigenvalue weighted by Crippen LogP contribution is -2.31. The first-order chi connectivity index (χ1) is 5.10. The minimum Gasteiger partial charge on any atom is -0.480 e. The summed E-state index contributed by atoms with van der Waals surface area (Å²) in [5, 5.41) is 8.46. The highest BCUT2D eigenvalue weighted by molar-refractivity contribution is 5.72. The molecular weight excluding hydrogens is 118 g/mol. The maximum Gasteiger partial charge on any atom is 0.320 e. The Balaban J connectivity index is 4.69. The van der Waals surface area contributed by atoms with Crippen LogP contribution in [0.3, 0.4) is 0 Å². The fourth-order valence-corrected chi connectivity index (χ4v) is 0.373. The number of hydrogen-bond donors (Lipinski definition) is 2. The van der Waals surface area contributed by atoms with Crippen LogP contribution in [0, 0.1) is 5.89 Å². The van der Waals surface area contributed by atoms with Crippen molar-refractivity contribution in [2.75, 3.05) is 0 Å². The van der Waals surface area contributed by atoms with E-state index in [1.165, 1.54) is 13.8 Å². The van der Waals surface area contributed by atoms with Gasteiger partial charge in [-0.1, -0.05) is 13.8 Å². The molecule has 0 saturated heterocycles. The number of rotatable bonds is 3. The fraction of sp³-hybridized carbons (Fsp3) is 0.833. The molecule has 0 aromatic carbocycles. The van der Waals surface area contributed by atoms with Crippen LogP contribution in [0.2, 0.25) is 0 Å². The fourth-order valence-electron chi connectivity index (χ4n) is 0.373. The normalized spacial score (nSPS) is 26.8. The number of nitrogens with two attached hydrogens (primary N) is 1. The van der Waals surface area contributed by atoms with Crippen molar-refractivity contribution in [3.63, 3.8) is 0 Å². The molecule has 0 aliphatic heterocycles. The third-order valence-corrected chi connectivity index (χ3v) is 0.691. The Hall–Kier alpha value is -0.570. The quantitative estimate of drug-likeness (QED) is 0.588. The second-order valence-corrected chi connectivity index (χ2v) is 1.98. The van der Waals surface area contributed by atoms with Gasteiger partial charge in [-0.3, -0.25) is 4.79 Å². The first-order valence-corrected chi connectivity index (χ1v) is 2.54. The van der Waals surface area contributed by atoms with E-state index < -0.39 is 24.3 Å². The van der Waals surface area contributed by atoms with Gasteiger partial charge in [-0.2, -0.15) is 0 Å². The van der Waals surface area contributed by atoms with Gasteiger partial charge in [0.25, 0.3) is 0 Å². The van der Waals surface area contributed by atoms with Crippen LogP contribution in [0.25, 0.3) is 0 Å². The zero-order chi connectivity index (χ0) is 10.2. The highest BCUT2D eigenvalue weighted by Crippen LogP contribution is 2.01. The molecule has 3 N–H and O–H groups in total. The lowest BCUT2D eigenvalue weighted by molar-refractivity contribution is -0.138. The van der Waals surface area contributed by atoms with E-state index in [4.69, 9.17) is 15.0 Å². The minimum absolute atomic E-state index is 1.35. The largest absolute Gasteiger partial charge is 0.480 e. The van der Waals surface area contributed by atoms with Crippen LogP contribution < -0.4 is 5.73 Å². The first kappa shape index (κ1) is 4.28. The molecule has 3 nitrogen and oxygen atoms in total. The Labute approximate surface area is 59.1 Å². The predicted octanol–water partition coefficient (Wildman–Crippen LogP) is 0.444. The second-order valence-electron chi connectivity index (χ2n) is 1.98. The zero-order valence-corrected chi connectivity index (χ0v) is 5.51. The summed E-state index contributed by atoms with van der Waals surface area (Å²) < 4.78 is 21.7. The number of carboxylic acids is 1. The molecule has 0 unspecified atom stereocenters. The molecule has 0 heterocycles. The average molecular weight is 134 g/mol. The highest BCUT2D eigenvalue weighted by atomic mass is 16.4. The molecule has 0 aliphatic carbocycles. The molecular formula is C6H13NO2. The number of carboxylic acid groups (broad SMARTS) is 1. The Bertz CT molecular complexity index is 188. The molecule has 0 saturated carbocycles. The predicted molar refractivity (Wildman–Crippen MR) is 35.1 cm³/mol. The van der Waals surface area contributed by atoms with Crippen molar-refractivity contribution in [1.29, 1.82) is 0 Å². The Morgan fingerprint density at radius 3 is 2.56 bits per heavy atom. The average Bonchev–Trinajstić information content (AvgIpc) is 1.83. The summed E-state index contributed by atoms with van der Waals surface area (Å²) in [6.07, 6.45) is -1.48. The highest BCUT2D eigenvalue weighted by Gasteiger charge is 2.11. The maximum atomic E-state index is 10.4. The van der Waals surface area contributed by atoms with Crippen molar-refractivity contribution in [3.8, 4) is 0 Å².